The van der Waals surface area contributed by atoms with Crippen LogP contribution in [0.5, 0.6) is 0 Å². The Labute approximate surface area is 103 Å². The zero-order valence-corrected chi connectivity index (χ0v) is 12.3. The lowest BCUT2D eigenvalue weighted by molar-refractivity contribution is -0.133. The largest absolute Gasteiger partial charge is 0.339 e. The molecule has 0 fully saturated rings. The van der Waals surface area contributed by atoms with Gasteiger partial charge in [0.2, 0.25) is 5.91 Å². The van der Waals surface area contributed by atoms with E-state index in [1.165, 1.54) is 0 Å². The fraction of sp³-hybridized carbons (Fsp3) is 0.917. The molecule has 15 heavy (non-hydrogen) atoms. The molecule has 0 saturated heterocycles. The van der Waals surface area contributed by atoms with Crippen LogP contribution >= 0.6 is 15.9 Å². The molecule has 90 valence electrons. The number of rotatable bonds is 5. The first-order valence-corrected chi connectivity index (χ1v) is 6.63. The Hall–Kier alpha value is -0.0500. The lowest BCUT2D eigenvalue weighted by Gasteiger charge is -2.31. The van der Waals surface area contributed by atoms with Crippen LogP contribution in [0.3, 0.4) is 0 Å². The molecule has 0 aliphatic rings. The standard InChI is InChI=1S/C12H24BrNO/c1-8(2)7-14(10(5)6)12(15)11(13)9(3)4/h8-11H,7H2,1-6H3. The Kier molecular flexibility index (Phi) is 6.49. The maximum absolute atomic E-state index is 12.1. The molecule has 0 radical (unpaired) electrons. The summed E-state index contributed by atoms with van der Waals surface area (Å²) >= 11 is 3.48. The van der Waals surface area contributed by atoms with Crippen LogP contribution in [0.15, 0.2) is 0 Å². The fourth-order valence-electron chi connectivity index (χ4n) is 1.39. The first kappa shape index (κ1) is 14.9. The molecular formula is C12H24BrNO. The van der Waals surface area contributed by atoms with E-state index < -0.39 is 0 Å². The highest BCUT2D eigenvalue weighted by atomic mass is 79.9. The van der Waals surface area contributed by atoms with Crippen LogP contribution in [-0.2, 0) is 4.79 Å². The van der Waals surface area contributed by atoms with Gasteiger partial charge in [0, 0.05) is 12.6 Å². The van der Waals surface area contributed by atoms with Crippen LogP contribution in [0, 0.1) is 11.8 Å². The quantitative estimate of drug-likeness (QED) is 0.707. The summed E-state index contributed by atoms with van der Waals surface area (Å²) in [7, 11) is 0. The van der Waals surface area contributed by atoms with Crippen molar-refractivity contribution in [2.24, 2.45) is 11.8 Å². The van der Waals surface area contributed by atoms with E-state index in [-0.39, 0.29) is 16.8 Å². The van der Waals surface area contributed by atoms with Crippen molar-refractivity contribution in [1.29, 1.82) is 0 Å². The van der Waals surface area contributed by atoms with E-state index in [1.54, 1.807) is 0 Å². The van der Waals surface area contributed by atoms with Gasteiger partial charge in [0.15, 0.2) is 0 Å². The molecule has 1 unspecified atom stereocenters. The van der Waals surface area contributed by atoms with Gasteiger partial charge in [0.25, 0.3) is 0 Å². The molecule has 0 aliphatic carbocycles. The van der Waals surface area contributed by atoms with Crippen molar-refractivity contribution in [2.75, 3.05) is 6.54 Å². The summed E-state index contributed by atoms with van der Waals surface area (Å²) in [5.41, 5.74) is 0. The minimum Gasteiger partial charge on any atom is -0.339 e. The number of nitrogens with zero attached hydrogens (tertiary/aromatic N) is 1. The van der Waals surface area contributed by atoms with E-state index >= 15 is 0 Å². The maximum atomic E-state index is 12.1. The highest BCUT2D eigenvalue weighted by Gasteiger charge is 2.26. The monoisotopic (exact) mass is 277 g/mol. The van der Waals surface area contributed by atoms with E-state index in [4.69, 9.17) is 0 Å². The van der Waals surface area contributed by atoms with Gasteiger partial charge in [-0.3, -0.25) is 4.79 Å². The zero-order valence-electron chi connectivity index (χ0n) is 10.7. The van der Waals surface area contributed by atoms with Crippen molar-refractivity contribution in [2.45, 2.75) is 52.4 Å². The number of halogens is 1. The Morgan fingerprint density at radius 3 is 1.87 bits per heavy atom. The molecule has 0 aromatic carbocycles. The number of carbonyl (C=O) groups is 1. The minimum absolute atomic E-state index is 0.0568. The molecule has 0 heterocycles. The third-order valence-corrected chi connectivity index (χ3v) is 3.74. The van der Waals surface area contributed by atoms with Gasteiger partial charge in [-0.05, 0) is 25.7 Å². The van der Waals surface area contributed by atoms with E-state index in [9.17, 15) is 4.79 Å². The van der Waals surface area contributed by atoms with Gasteiger partial charge in [-0.1, -0.05) is 43.6 Å². The Bertz CT molecular complexity index is 202. The average Bonchev–Trinajstić information content (AvgIpc) is 2.10. The van der Waals surface area contributed by atoms with Crippen molar-refractivity contribution < 1.29 is 4.79 Å². The van der Waals surface area contributed by atoms with Crippen LogP contribution in [-0.4, -0.2) is 28.2 Å². The highest BCUT2D eigenvalue weighted by molar-refractivity contribution is 9.10. The number of carbonyl (C=O) groups excluding carboxylic acids is 1. The molecule has 0 N–H and O–H groups in total. The molecular weight excluding hydrogens is 254 g/mol. The van der Waals surface area contributed by atoms with Gasteiger partial charge in [-0.25, -0.2) is 0 Å². The Balaban J connectivity index is 4.55. The van der Waals surface area contributed by atoms with Crippen molar-refractivity contribution in [3.8, 4) is 0 Å². The normalized spacial score (nSPS) is 13.7. The smallest absolute Gasteiger partial charge is 0.236 e. The second kappa shape index (κ2) is 6.51. The molecule has 2 nitrogen and oxygen atoms in total. The van der Waals surface area contributed by atoms with Crippen LogP contribution in [0.2, 0.25) is 0 Å². The molecule has 0 spiro atoms. The number of alkyl halides is 1. The van der Waals surface area contributed by atoms with E-state index in [0.29, 0.717) is 11.8 Å². The van der Waals surface area contributed by atoms with Crippen molar-refractivity contribution in [1.82, 2.24) is 4.90 Å². The third-order valence-electron chi connectivity index (χ3n) is 2.29. The summed E-state index contributed by atoms with van der Waals surface area (Å²) in [5, 5.41) is 0. The average molecular weight is 278 g/mol. The SMILES string of the molecule is CC(C)CN(C(=O)C(Br)C(C)C)C(C)C. The third kappa shape index (κ3) is 5.01. The lowest BCUT2D eigenvalue weighted by Crippen LogP contribution is -2.44. The van der Waals surface area contributed by atoms with Crippen LogP contribution in [0.1, 0.15) is 41.5 Å². The van der Waals surface area contributed by atoms with Gasteiger partial charge >= 0.3 is 0 Å². The number of amides is 1. The Morgan fingerprint density at radius 1 is 1.13 bits per heavy atom. The van der Waals surface area contributed by atoms with Gasteiger partial charge in [-0.2, -0.15) is 0 Å². The summed E-state index contributed by atoms with van der Waals surface area (Å²) in [6.07, 6.45) is 0. The molecule has 3 heteroatoms. The zero-order chi connectivity index (χ0) is 12.2. The van der Waals surface area contributed by atoms with Crippen molar-refractivity contribution in [3.63, 3.8) is 0 Å². The lowest BCUT2D eigenvalue weighted by atomic mass is 10.1. The molecule has 1 atom stereocenters. The summed E-state index contributed by atoms with van der Waals surface area (Å²) in [5.74, 6) is 1.07. The van der Waals surface area contributed by atoms with Gasteiger partial charge in [-0.15, -0.1) is 0 Å². The summed E-state index contributed by atoms with van der Waals surface area (Å²) < 4.78 is 0. The van der Waals surface area contributed by atoms with Crippen LogP contribution in [0.25, 0.3) is 0 Å². The molecule has 1 amide bonds. The highest BCUT2D eigenvalue weighted by Crippen LogP contribution is 2.17. The molecule has 0 bridgehead atoms. The fourth-order valence-corrected chi connectivity index (χ4v) is 1.66. The van der Waals surface area contributed by atoms with Gasteiger partial charge in [0.1, 0.15) is 0 Å². The predicted molar refractivity (Wildman–Crippen MR) is 69.2 cm³/mol. The first-order valence-electron chi connectivity index (χ1n) is 5.71. The molecule has 0 aromatic rings. The van der Waals surface area contributed by atoms with Crippen molar-refractivity contribution >= 4 is 21.8 Å². The van der Waals surface area contributed by atoms with E-state index in [1.807, 2.05) is 4.90 Å². The van der Waals surface area contributed by atoms with Crippen LogP contribution in [0.4, 0.5) is 0 Å². The maximum Gasteiger partial charge on any atom is 0.236 e. The van der Waals surface area contributed by atoms with Crippen LogP contribution < -0.4 is 0 Å². The molecule has 0 aromatic heterocycles. The predicted octanol–water partition coefficient (Wildman–Crippen LogP) is 3.30. The molecule has 0 rings (SSSR count). The van der Waals surface area contributed by atoms with Gasteiger partial charge in [0.05, 0.1) is 4.83 Å². The molecule has 0 saturated carbocycles. The second-order valence-electron chi connectivity index (χ2n) is 5.12. The Morgan fingerprint density at radius 2 is 1.60 bits per heavy atom. The summed E-state index contributed by atoms with van der Waals surface area (Å²) in [6, 6.07) is 0.277. The van der Waals surface area contributed by atoms with E-state index in [2.05, 4.69) is 57.5 Å². The number of hydrogen-bond donors (Lipinski definition) is 0. The summed E-state index contributed by atoms with van der Waals surface area (Å²) in [6.45, 7) is 13.4. The van der Waals surface area contributed by atoms with Crippen molar-refractivity contribution in [3.05, 3.63) is 0 Å². The second-order valence-corrected chi connectivity index (χ2v) is 6.11. The van der Waals surface area contributed by atoms with Gasteiger partial charge < -0.3 is 4.90 Å². The topological polar surface area (TPSA) is 20.3 Å². The number of hydrogen-bond acceptors (Lipinski definition) is 1. The summed E-state index contributed by atoms with van der Waals surface area (Å²) in [4.78, 5) is 14.0. The minimum atomic E-state index is -0.0568. The molecule has 0 aliphatic heterocycles. The first-order chi connectivity index (χ1) is 6.77. The van der Waals surface area contributed by atoms with E-state index in [0.717, 1.165) is 6.54 Å².